The summed E-state index contributed by atoms with van der Waals surface area (Å²) in [6.07, 6.45) is 7.40. The van der Waals surface area contributed by atoms with Crippen LogP contribution < -0.4 is 11.5 Å². The maximum absolute atomic E-state index is 13.4. The number of aryl methyl sites for hydroxylation is 1. The number of pyridine rings is 1. The summed E-state index contributed by atoms with van der Waals surface area (Å²) in [5.74, 6) is 0.221. The smallest absolute Gasteiger partial charge is 0.189 e. The van der Waals surface area contributed by atoms with Gasteiger partial charge in [-0.15, -0.1) is 0 Å². The molecule has 0 spiro atoms. The minimum Gasteiger partial charge on any atom is -0.370 e. The Balaban J connectivity index is 1.54. The molecule has 2 aromatic heterocycles. The van der Waals surface area contributed by atoms with E-state index < -0.39 is 6.04 Å². The van der Waals surface area contributed by atoms with Gasteiger partial charge in [0.2, 0.25) is 0 Å². The summed E-state index contributed by atoms with van der Waals surface area (Å²) >= 11 is 0. The number of aliphatic imine (C=N–C) groups is 1. The Morgan fingerprint density at radius 3 is 2.81 bits per heavy atom. The summed E-state index contributed by atoms with van der Waals surface area (Å²) in [7, 11) is 4.26. The molecule has 7 nitrogen and oxygen atoms in total. The lowest BCUT2D eigenvalue weighted by Gasteiger charge is -2.46. The zero-order valence-corrected chi connectivity index (χ0v) is 17.9. The number of ketones is 1. The first-order chi connectivity index (χ1) is 14.9. The van der Waals surface area contributed by atoms with Crippen LogP contribution in [0.1, 0.15) is 33.8 Å². The maximum atomic E-state index is 13.4. The highest BCUT2D eigenvalue weighted by molar-refractivity contribution is 6.01. The number of likely N-dealkylation sites (tertiary alicyclic amines) is 1. The molecule has 1 aliphatic carbocycles. The predicted octanol–water partition coefficient (Wildman–Crippen LogP) is 2.06. The molecule has 31 heavy (non-hydrogen) atoms. The highest BCUT2D eigenvalue weighted by atomic mass is 16.1. The van der Waals surface area contributed by atoms with Crippen molar-refractivity contribution in [2.24, 2.45) is 29.4 Å². The zero-order chi connectivity index (χ0) is 21.7. The predicted molar refractivity (Wildman–Crippen MR) is 122 cm³/mol. The second kappa shape index (κ2) is 7.50. The molecule has 0 amide bonds. The summed E-state index contributed by atoms with van der Waals surface area (Å²) in [6.45, 7) is 0.771. The number of piperidine rings is 1. The van der Waals surface area contributed by atoms with Crippen molar-refractivity contribution in [2.75, 3.05) is 13.6 Å². The summed E-state index contributed by atoms with van der Waals surface area (Å²) in [5, 5.41) is 1.37. The molecule has 4 atom stereocenters. The van der Waals surface area contributed by atoms with Gasteiger partial charge in [0.15, 0.2) is 11.7 Å². The van der Waals surface area contributed by atoms with Gasteiger partial charge in [0.05, 0.1) is 0 Å². The fraction of sp³-hybridized carbons (Fsp3) is 0.375. The molecule has 5 rings (SSSR count). The number of guanidine groups is 1. The molecule has 0 radical (unpaired) electrons. The third-order valence-electron chi connectivity index (χ3n) is 7.01. The van der Waals surface area contributed by atoms with E-state index >= 15 is 0 Å². The van der Waals surface area contributed by atoms with Crippen LogP contribution in [0.15, 0.2) is 53.9 Å². The number of nitrogens with zero attached hydrogens (tertiary/aromatic N) is 4. The Labute approximate surface area is 181 Å². The van der Waals surface area contributed by atoms with Crippen molar-refractivity contribution in [3.63, 3.8) is 0 Å². The largest absolute Gasteiger partial charge is 0.370 e. The van der Waals surface area contributed by atoms with Crippen molar-refractivity contribution < 1.29 is 4.79 Å². The average Bonchev–Trinajstić information content (AvgIpc) is 3.09. The van der Waals surface area contributed by atoms with Crippen LogP contribution in [0, 0.1) is 5.92 Å². The number of nitrogens with two attached hydrogens (primary N) is 2. The lowest BCUT2D eigenvalue weighted by Crippen LogP contribution is -2.51. The molecule has 160 valence electrons. The van der Waals surface area contributed by atoms with Gasteiger partial charge in [-0.2, -0.15) is 0 Å². The van der Waals surface area contributed by atoms with Crippen LogP contribution >= 0.6 is 0 Å². The standard InChI is InChI=1S/C24H28N6O/c1-29-12-15-10-20-18(17-6-3-7-19(29)21(15)17)9-16(13-30(20)2)22(28-24(25)26)23(31)14-5-4-8-27-11-14/h3-8,11-12,16,18,20,22H,9-10,13H2,1-2H3,(H4,25,26,28)/t16?,18-,20-,22?/m1/s1. The van der Waals surface area contributed by atoms with Gasteiger partial charge < -0.3 is 20.9 Å². The van der Waals surface area contributed by atoms with E-state index in [1.54, 1.807) is 24.5 Å². The number of likely N-dealkylation sites (N-methyl/N-ethyl adjacent to an activating group) is 1. The highest BCUT2D eigenvalue weighted by Crippen LogP contribution is 2.45. The molecule has 3 heterocycles. The number of hydrogen-bond donors (Lipinski definition) is 2. The summed E-state index contributed by atoms with van der Waals surface area (Å²) < 4.78 is 2.22. The van der Waals surface area contributed by atoms with Gasteiger partial charge in [-0.05, 0) is 49.2 Å². The summed E-state index contributed by atoms with van der Waals surface area (Å²) in [5.41, 5.74) is 16.1. The van der Waals surface area contributed by atoms with Crippen LogP contribution in [0.4, 0.5) is 0 Å². The van der Waals surface area contributed by atoms with E-state index in [4.69, 9.17) is 11.5 Å². The molecule has 0 bridgehead atoms. The maximum Gasteiger partial charge on any atom is 0.189 e. The number of carbonyl (C=O) groups excluding carboxylic acids is 1. The van der Waals surface area contributed by atoms with Crippen molar-refractivity contribution >= 4 is 22.6 Å². The highest BCUT2D eigenvalue weighted by Gasteiger charge is 2.43. The van der Waals surface area contributed by atoms with E-state index in [1.807, 2.05) is 0 Å². The summed E-state index contributed by atoms with van der Waals surface area (Å²) in [4.78, 5) is 24.3. The van der Waals surface area contributed by atoms with Crippen LogP contribution in [-0.2, 0) is 13.5 Å². The van der Waals surface area contributed by atoms with E-state index in [2.05, 4.69) is 57.9 Å². The number of aromatic nitrogens is 2. The third-order valence-corrected chi connectivity index (χ3v) is 7.01. The fourth-order valence-electron chi connectivity index (χ4n) is 5.71. The molecule has 4 N–H and O–H groups in total. The minimum atomic E-state index is -0.617. The van der Waals surface area contributed by atoms with Crippen LogP contribution in [0.25, 0.3) is 10.9 Å². The van der Waals surface area contributed by atoms with E-state index in [0.717, 1.165) is 19.4 Å². The van der Waals surface area contributed by atoms with Crippen LogP contribution in [0.3, 0.4) is 0 Å². The Bertz CT molecular complexity index is 1160. The number of fused-ring (bicyclic) bond motifs is 2. The second-order valence-corrected chi connectivity index (χ2v) is 8.92. The van der Waals surface area contributed by atoms with Gasteiger partial charge in [-0.1, -0.05) is 12.1 Å². The van der Waals surface area contributed by atoms with Gasteiger partial charge in [0.1, 0.15) is 6.04 Å². The molecule has 2 unspecified atom stereocenters. The molecule has 2 aliphatic rings. The normalized spacial score (nSPS) is 23.9. The molecule has 0 saturated carbocycles. The molecule has 1 aliphatic heterocycles. The zero-order valence-electron chi connectivity index (χ0n) is 17.9. The SMILES string of the molecule is CN1CC(C(N=C(N)N)C(=O)c2cccnc2)C[C@@H]2c3cccc4c3c(cn4C)C[C@H]21. The van der Waals surface area contributed by atoms with Crippen molar-refractivity contribution in [3.8, 4) is 0 Å². The Morgan fingerprint density at radius 1 is 1.23 bits per heavy atom. The summed E-state index contributed by atoms with van der Waals surface area (Å²) in [6, 6.07) is 9.90. The van der Waals surface area contributed by atoms with Crippen LogP contribution in [0.2, 0.25) is 0 Å². The fourth-order valence-corrected chi connectivity index (χ4v) is 5.71. The van der Waals surface area contributed by atoms with Crippen molar-refractivity contribution in [1.82, 2.24) is 14.5 Å². The quantitative estimate of drug-likeness (QED) is 0.385. The van der Waals surface area contributed by atoms with Crippen molar-refractivity contribution in [3.05, 3.63) is 65.6 Å². The number of benzene rings is 1. The first-order valence-corrected chi connectivity index (χ1v) is 10.7. The third kappa shape index (κ3) is 3.29. The number of Topliss-reactive ketones (excluding diaryl/α,β-unsaturated/α-hetero) is 1. The molecule has 7 heteroatoms. The minimum absolute atomic E-state index is 0.0153. The van der Waals surface area contributed by atoms with E-state index in [-0.39, 0.29) is 17.7 Å². The van der Waals surface area contributed by atoms with Gasteiger partial charge in [0, 0.05) is 66.5 Å². The number of hydrogen-bond acceptors (Lipinski definition) is 4. The first kappa shape index (κ1) is 19.8. The van der Waals surface area contributed by atoms with Gasteiger partial charge in [-0.25, -0.2) is 4.99 Å². The Kier molecular flexibility index (Phi) is 4.78. The molecule has 1 saturated heterocycles. The lowest BCUT2D eigenvalue weighted by molar-refractivity contribution is 0.0768. The molecule has 1 aromatic carbocycles. The molecule has 1 fully saturated rings. The van der Waals surface area contributed by atoms with E-state index in [0.29, 0.717) is 17.5 Å². The van der Waals surface area contributed by atoms with Gasteiger partial charge in [0.25, 0.3) is 0 Å². The Morgan fingerprint density at radius 2 is 2.06 bits per heavy atom. The van der Waals surface area contributed by atoms with Gasteiger partial charge in [-0.3, -0.25) is 9.78 Å². The number of carbonyl (C=O) groups is 1. The van der Waals surface area contributed by atoms with Crippen molar-refractivity contribution in [2.45, 2.75) is 30.8 Å². The monoisotopic (exact) mass is 416 g/mol. The molecular formula is C24H28N6O. The topological polar surface area (TPSA) is 103 Å². The first-order valence-electron chi connectivity index (χ1n) is 10.7. The van der Waals surface area contributed by atoms with Crippen LogP contribution in [-0.4, -0.2) is 51.9 Å². The molecule has 3 aromatic rings. The van der Waals surface area contributed by atoms with E-state index in [9.17, 15) is 4.79 Å². The van der Waals surface area contributed by atoms with E-state index in [1.165, 1.54) is 22.0 Å². The van der Waals surface area contributed by atoms with Crippen LogP contribution in [0.5, 0.6) is 0 Å². The van der Waals surface area contributed by atoms with Crippen molar-refractivity contribution in [1.29, 1.82) is 0 Å². The Hall–Kier alpha value is -3.19. The number of rotatable bonds is 4. The average molecular weight is 417 g/mol. The lowest BCUT2D eigenvalue weighted by atomic mass is 9.70. The second-order valence-electron chi connectivity index (χ2n) is 8.92. The van der Waals surface area contributed by atoms with Gasteiger partial charge >= 0.3 is 0 Å². The molecular weight excluding hydrogens is 388 g/mol.